The van der Waals surface area contributed by atoms with E-state index in [0.717, 1.165) is 32.0 Å². The van der Waals surface area contributed by atoms with Crippen molar-refractivity contribution in [1.82, 2.24) is 0 Å². The van der Waals surface area contributed by atoms with Crippen LogP contribution < -0.4 is 5.32 Å². The van der Waals surface area contributed by atoms with E-state index in [1.165, 1.54) is 24.3 Å². The Kier molecular flexibility index (Phi) is 5.98. The predicted molar refractivity (Wildman–Crippen MR) is 96.8 cm³/mol. The monoisotopic (exact) mass is 414 g/mol. The molecule has 2 aromatic rings. The van der Waals surface area contributed by atoms with Gasteiger partial charge < -0.3 is 10.4 Å². The topological polar surface area (TPSA) is 92.5 Å². The molecule has 0 spiro atoms. The van der Waals surface area contributed by atoms with Crippen LogP contribution in [-0.4, -0.2) is 27.7 Å². The van der Waals surface area contributed by atoms with Crippen molar-refractivity contribution in [3.8, 4) is 0 Å². The summed E-state index contributed by atoms with van der Waals surface area (Å²) in [5, 5.41) is 23.6. The van der Waals surface area contributed by atoms with E-state index < -0.39 is 45.9 Å². The zero-order chi connectivity index (χ0) is 22.0. The Labute approximate surface area is 163 Å². The standard InChI is InChI=1S/C19H18F4N2O4/c1-17(2,14-10-12(20)8-9-15(14)25(28)29)11-18(27,19(21,22)23)16(26)24-13-6-4-3-5-7-13/h3-10,27H,11H2,1-2H3,(H,24,26). The molecule has 0 aliphatic carbocycles. The number of amides is 1. The second-order valence-electron chi connectivity index (χ2n) is 7.16. The molecular formula is C19H18F4N2O4. The van der Waals surface area contributed by atoms with Gasteiger partial charge in [0.25, 0.3) is 11.6 Å². The molecule has 0 aromatic heterocycles. The fourth-order valence-electron chi connectivity index (χ4n) is 3.01. The minimum Gasteiger partial charge on any atom is -0.373 e. The predicted octanol–water partition coefficient (Wildman–Crippen LogP) is 4.33. The van der Waals surface area contributed by atoms with Crippen molar-refractivity contribution in [2.45, 2.75) is 37.5 Å². The zero-order valence-corrected chi connectivity index (χ0v) is 15.5. The lowest BCUT2D eigenvalue weighted by molar-refractivity contribution is -0.386. The number of nitro benzene ring substituents is 1. The first-order valence-electron chi connectivity index (χ1n) is 8.38. The minimum atomic E-state index is -5.40. The molecule has 0 saturated heterocycles. The maximum absolute atomic E-state index is 13.7. The number of alkyl halides is 3. The molecule has 0 aliphatic heterocycles. The number of hydrogen-bond acceptors (Lipinski definition) is 4. The van der Waals surface area contributed by atoms with Crippen LogP contribution in [0.15, 0.2) is 48.5 Å². The maximum Gasteiger partial charge on any atom is 0.426 e. The van der Waals surface area contributed by atoms with Crippen molar-refractivity contribution < 1.29 is 32.4 Å². The van der Waals surface area contributed by atoms with E-state index in [1.807, 2.05) is 5.32 Å². The molecule has 10 heteroatoms. The number of hydrogen-bond donors (Lipinski definition) is 2. The van der Waals surface area contributed by atoms with E-state index in [2.05, 4.69) is 0 Å². The summed E-state index contributed by atoms with van der Waals surface area (Å²) in [5.41, 5.74) is -6.65. The SMILES string of the molecule is CC(C)(CC(O)(C(=O)Nc1ccccc1)C(F)(F)F)c1cc(F)ccc1[N+](=O)[O-]. The van der Waals surface area contributed by atoms with Gasteiger partial charge in [-0.3, -0.25) is 14.9 Å². The molecule has 0 radical (unpaired) electrons. The van der Waals surface area contributed by atoms with Crippen LogP contribution in [-0.2, 0) is 10.2 Å². The number of para-hydroxylation sites is 1. The second-order valence-corrected chi connectivity index (χ2v) is 7.16. The lowest BCUT2D eigenvalue weighted by Crippen LogP contribution is -2.57. The van der Waals surface area contributed by atoms with E-state index in [-0.39, 0.29) is 11.3 Å². The fourth-order valence-corrected chi connectivity index (χ4v) is 3.01. The number of rotatable bonds is 6. The summed E-state index contributed by atoms with van der Waals surface area (Å²) in [6, 6.07) is 9.54. The Bertz CT molecular complexity index is 916. The minimum absolute atomic E-state index is 0.0229. The molecule has 1 unspecified atom stereocenters. The third kappa shape index (κ3) is 4.70. The Balaban J connectivity index is 2.48. The molecular weight excluding hydrogens is 396 g/mol. The fraction of sp³-hybridized carbons (Fsp3) is 0.316. The van der Waals surface area contributed by atoms with Crippen molar-refractivity contribution in [3.05, 3.63) is 70.0 Å². The van der Waals surface area contributed by atoms with Gasteiger partial charge in [0.15, 0.2) is 0 Å². The van der Waals surface area contributed by atoms with Gasteiger partial charge in [-0.25, -0.2) is 4.39 Å². The van der Waals surface area contributed by atoms with E-state index >= 15 is 0 Å². The van der Waals surface area contributed by atoms with Crippen LogP contribution in [0.2, 0.25) is 0 Å². The molecule has 2 N–H and O–H groups in total. The molecule has 156 valence electrons. The number of carbonyl (C=O) groups excluding carboxylic acids is 1. The van der Waals surface area contributed by atoms with Gasteiger partial charge in [-0.1, -0.05) is 32.0 Å². The van der Waals surface area contributed by atoms with Crippen molar-refractivity contribution in [2.24, 2.45) is 0 Å². The number of halogens is 4. The Morgan fingerprint density at radius 1 is 1.14 bits per heavy atom. The van der Waals surface area contributed by atoms with Crippen LogP contribution in [0.1, 0.15) is 25.8 Å². The van der Waals surface area contributed by atoms with Crippen LogP contribution >= 0.6 is 0 Å². The molecule has 6 nitrogen and oxygen atoms in total. The zero-order valence-electron chi connectivity index (χ0n) is 15.5. The highest BCUT2D eigenvalue weighted by Gasteiger charge is 2.61. The number of nitrogens with zero attached hydrogens (tertiary/aromatic N) is 1. The highest BCUT2D eigenvalue weighted by Crippen LogP contribution is 2.44. The van der Waals surface area contributed by atoms with E-state index in [9.17, 15) is 37.6 Å². The number of nitro groups is 1. The molecule has 0 saturated carbocycles. The number of anilines is 1. The molecule has 2 aromatic carbocycles. The van der Waals surface area contributed by atoms with E-state index in [1.54, 1.807) is 6.07 Å². The first-order chi connectivity index (χ1) is 13.3. The summed E-state index contributed by atoms with van der Waals surface area (Å²) < 4.78 is 54.8. The van der Waals surface area contributed by atoms with Crippen LogP contribution in [0.3, 0.4) is 0 Å². The smallest absolute Gasteiger partial charge is 0.373 e. The summed E-state index contributed by atoms with van der Waals surface area (Å²) in [4.78, 5) is 22.8. The van der Waals surface area contributed by atoms with Gasteiger partial charge in [-0.05, 0) is 24.3 Å². The highest BCUT2D eigenvalue weighted by molar-refractivity contribution is 5.98. The van der Waals surface area contributed by atoms with E-state index in [0.29, 0.717) is 0 Å². The normalized spacial score (nSPS) is 14.2. The lowest BCUT2D eigenvalue weighted by Gasteiger charge is -2.36. The van der Waals surface area contributed by atoms with Crippen LogP contribution in [0.5, 0.6) is 0 Å². The molecule has 1 atom stereocenters. The summed E-state index contributed by atoms with van der Waals surface area (Å²) in [7, 11) is 0. The molecule has 0 heterocycles. The largest absolute Gasteiger partial charge is 0.426 e. The summed E-state index contributed by atoms with van der Waals surface area (Å²) in [6.07, 6.45) is -6.67. The first-order valence-corrected chi connectivity index (χ1v) is 8.38. The average Bonchev–Trinajstić information content (AvgIpc) is 2.60. The van der Waals surface area contributed by atoms with Gasteiger partial charge in [0.1, 0.15) is 5.82 Å². The van der Waals surface area contributed by atoms with Crippen molar-refractivity contribution >= 4 is 17.3 Å². The van der Waals surface area contributed by atoms with Crippen molar-refractivity contribution in [1.29, 1.82) is 0 Å². The number of benzene rings is 2. The van der Waals surface area contributed by atoms with Gasteiger partial charge in [0, 0.05) is 29.2 Å². The van der Waals surface area contributed by atoms with Crippen LogP contribution in [0.4, 0.5) is 28.9 Å². The van der Waals surface area contributed by atoms with Gasteiger partial charge in [0.05, 0.1) is 4.92 Å². The first kappa shape index (κ1) is 22.3. The molecule has 1 amide bonds. The maximum atomic E-state index is 13.7. The van der Waals surface area contributed by atoms with Crippen molar-refractivity contribution in [3.63, 3.8) is 0 Å². The number of aliphatic hydroxyl groups is 1. The molecule has 0 bridgehead atoms. The van der Waals surface area contributed by atoms with Crippen LogP contribution in [0.25, 0.3) is 0 Å². The molecule has 29 heavy (non-hydrogen) atoms. The highest BCUT2D eigenvalue weighted by atomic mass is 19.4. The Hall–Kier alpha value is -3.01. The quantitative estimate of drug-likeness (QED) is 0.418. The number of nitrogens with one attached hydrogen (secondary N) is 1. The Morgan fingerprint density at radius 3 is 2.24 bits per heavy atom. The van der Waals surface area contributed by atoms with Crippen LogP contribution in [0, 0.1) is 15.9 Å². The van der Waals surface area contributed by atoms with Crippen molar-refractivity contribution in [2.75, 3.05) is 5.32 Å². The number of carbonyl (C=O) groups is 1. The van der Waals surface area contributed by atoms with Gasteiger partial charge in [0.2, 0.25) is 5.60 Å². The summed E-state index contributed by atoms with van der Waals surface area (Å²) in [6.45, 7) is 2.31. The lowest BCUT2D eigenvalue weighted by atomic mass is 9.74. The Morgan fingerprint density at radius 2 is 1.72 bits per heavy atom. The molecule has 0 fully saturated rings. The second kappa shape index (κ2) is 7.78. The molecule has 2 rings (SSSR count). The average molecular weight is 414 g/mol. The van der Waals surface area contributed by atoms with Gasteiger partial charge in [-0.2, -0.15) is 13.2 Å². The molecule has 0 aliphatic rings. The summed E-state index contributed by atoms with van der Waals surface area (Å²) in [5.74, 6) is -2.65. The van der Waals surface area contributed by atoms with Gasteiger partial charge in [-0.15, -0.1) is 0 Å². The third-order valence-electron chi connectivity index (χ3n) is 4.46. The summed E-state index contributed by atoms with van der Waals surface area (Å²) >= 11 is 0. The van der Waals surface area contributed by atoms with E-state index in [4.69, 9.17) is 0 Å². The van der Waals surface area contributed by atoms with Gasteiger partial charge >= 0.3 is 6.18 Å². The third-order valence-corrected chi connectivity index (χ3v) is 4.46.